The summed E-state index contributed by atoms with van der Waals surface area (Å²) in [5.74, 6) is -0.148. The average molecular weight is 403 g/mol. The number of phenolic OH excluding ortho intramolecular Hbond substituents is 1. The Balaban J connectivity index is 1.53. The van der Waals surface area contributed by atoms with E-state index in [-0.39, 0.29) is 29.1 Å². The first-order valence-electron chi connectivity index (χ1n) is 9.68. The number of rotatable bonds is 3. The molecule has 6 heteroatoms. The Morgan fingerprint density at radius 3 is 2.79 bits per heavy atom. The third kappa shape index (κ3) is 3.49. The molecule has 2 aromatic rings. The number of amides is 1. The zero-order valence-corrected chi connectivity index (χ0v) is 16.6. The lowest BCUT2D eigenvalue weighted by Gasteiger charge is -2.48. The van der Waals surface area contributed by atoms with Gasteiger partial charge in [0.1, 0.15) is 11.6 Å². The Kier molecular flexibility index (Phi) is 5.06. The summed E-state index contributed by atoms with van der Waals surface area (Å²) >= 11 is 6.04. The SMILES string of the molecule is C[C@@H]1C[C@]2(CCC(=O)N2c2cccc(F)c2)CCN1Cc1ccc(O)c(Cl)c1. The molecule has 0 radical (unpaired) electrons. The van der Waals surface area contributed by atoms with Gasteiger partial charge in [-0.1, -0.05) is 23.7 Å². The van der Waals surface area contributed by atoms with Crippen LogP contribution >= 0.6 is 11.6 Å². The summed E-state index contributed by atoms with van der Waals surface area (Å²) in [6.07, 6.45) is 3.02. The maximum Gasteiger partial charge on any atom is 0.227 e. The van der Waals surface area contributed by atoms with E-state index in [1.165, 1.54) is 12.1 Å². The van der Waals surface area contributed by atoms with Crippen LogP contribution in [0, 0.1) is 5.82 Å². The minimum atomic E-state index is -0.318. The van der Waals surface area contributed by atoms with Crippen LogP contribution in [0.25, 0.3) is 0 Å². The highest BCUT2D eigenvalue weighted by atomic mass is 35.5. The average Bonchev–Trinajstić information content (AvgIpc) is 2.96. The lowest BCUT2D eigenvalue weighted by molar-refractivity contribution is -0.117. The molecule has 148 valence electrons. The number of anilines is 1. The van der Waals surface area contributed by atoms with Crippen molar-refractivity contribution in [3.63, 3.8) is 0 Å². The Morgan fingerprint density at radius 2 is 2.07 bits per heavy atom. The van der Waals surface area contributed by atoms with Gasteiger partial charge in [-0.05, 0) is 62.1 Å². The van der Waals surface area contributed by atoms with Gasteiger partial charge >= 0.3 is 0 Å². The van der Waals surface area contributed by atoms with Crippen LogP contribution in [0.2, 0.25) is 5.02 Å². The molecule has 2 fully saturated rings. The smallest absolute Gasteiger partial charge is 0.227 e. The second-order valence-corrected chi connectivity index (χ2v) is 8.40. The van der Waals surface area contributed by atoms with Crippen LogP contribution in [0.4, 0.5) is 10.1 Å². The zero-order chi connectivity index (χ0) is 19.9. The van der Waals surface area contributed by atoms with E-state index in [2.05, 4.69) is 11.8 Å². The fraction of sp³-hybridized carbons (Fsp3) is 0.409. The van der Waals surface area contributed by atoms with Crippen LogP contribution in [0.15, 0.2) is 42.5 Å². The predicted molar refractivity (Wildman–Crippen MR) is 108 cm³/mol. The van der Waals surface area contributed by atoms with Crippen LogP contribution in [0.3, 0.4) is 0 Å². The van der Waals surface area contributed by atoms with Crippen molar-refractivity contribution in [1.82, 2.24) is 4.90 Å². The molecule has 2 aromatic carbocycles. The largest absolute Gasteiger partial charge is 0.506 e. The van der Waals surface area contributed by atoms with Crippen LogP contribution in [0.5, 0.6) is 5.75 Å². The minimum Gasteiger partial charge on any atom is -0.506 e. The van der Waals surface area contributed by atoms with E-state index in [1.54, 1.807) is 18.2 Å². The van der Waals surface area contributed by atoms with Crippen molar-refractivity contribution < 1.29 is 14.3 Å². The molecule has 0 aliphatic carbocycles. The highest BCUT2D eigenvalue weighted by molar-refractivity contribution is 6.32. The van der Waals surface area contributed by atoms with Gasteiger partial charge in [0.15, 0.2) is 0 Å². The fourth-order valence-corrected chi connectivity index (χ4v) is 4.97. The van der Waals surface area contributed by atoms with Gasteiger partial charge in [0.05, 0.1) is 10.6 Å². The Hall–Kier alpha value is -2.11. The summed E-state index contributed by atoms with van der Waals surface area (Å²) in [5.41, 5.74) is 1.47. The number of halogens is 2. The molecule has 1 N–H and O–H groups in total. The van der Waals surface area contributed by atoms with Crippen molar-refractivity contribution in [1.29, 1.82) is 0 Å². The Bertz CT molecular complexity index is 906. The number of piperidine rings is 1. The highest BCUT2D eigenvalue weighted by Gasteiger charge is 2.49. The quantitative estimate of drug-likeness (QED) is 0.806. The van der Waals surface area contributed by atoms with E-state index in [0.717, 1.165) is 37.9 Å². The summed E-state index contributed by atoms with van der Waals surface area (Å²) in [6, 6.07) is 11.9. The molecule has 0 saturated carbocycles. The number of hydrogen-bond donors (Lipinski definition) is 1. The van der Waals surface area contributed by atoms with Crippen molar-refractivity contribution in [2.75, 3.05) is 11.4 Å². The van der Waals surface area contributed by atoms with Crippen molar-refractivity contribution in [2.24, 2.45) is 0 Å². The second kappa shape index (κ2) is 7.37. The normalized spacial score (nSPS) is 25.6. The van der Waals surface area contributed by atoms with E-state index in [1.807, 2.05) is 17.0 Å². The molecule has 28 heavy (non-hydrogen) atoms. The molecule has 1 spiro atoms. The van der Waals surface area contributed by atoms with Crippen LogP contribution < -0.4 is 4.90 Å². The number of carbonyl (C=O) groups excluding carboxylic acids is 1. The van der Waals surface area contributed by atoms with E-state index in [4.69, 9.17) is 11.6 Å². The standard InChI is InChI=1S/C22H24ClFN2O2/c1-15-13-22(8-7-21(28)26(22)18-4-2-3-17(24)12-18)9-10-25(15)14-16-5-6-20(27)19(23)11-16/h2-6,11-12,15,27H,7-10,13-14H2,1H3/t15-,22+/m1/s1. The summed E-state index contributed by atoms with van der Waals surface area (Å²) in [7, 11) is 0. The lowest BCUT2D eigenvalue weighted by atomic mass is 9.81. The van der Waals surface area contributed by atoms with Gasteiger partial charge in [-0.15, -0.1) is 0 Å². The molecule has 0 unspecified atom stereocenters. The van der Waals surface area contributed by atoms with Gasteiger partial charge in [-0.3, -0.25) is 9.69 Å². The number of phenols is 1. The summed E-state index contributed by atoms with van der Waals surface area (Å²) < 4.78 is 13.8. The number of hydrogen-bond acceptors (Lipinski definition) is 3. The van der Waals surface area contributed by atoms with Gasteiger partial charge in [-0.2, -0.15) is 0 Å². The Labute approximate surface area is 169 Å². The molecular formula is C22H24ClFN2O2. The Morgan fingerprint density at radius 1 is 1.25 bits per heavy atom. The highest BCUT2D eigenvalue weighted by Crippen LogP contribution is 2.44. The first kappa shape index (κ1) is 19.2. The van der Waals surface area contributed by atoms with Crippen molar-refractivity contribution in [3.05, 3.63) is 58.9 Å². The first-order valence-corrected chi connectivity index (χ1v) is 10.1. The third-order valence-corrected chi connectivity index (χ3v) is 6.46. The topological polar surface area (TPSA) is 43.8 Å². The van der Waals surface area contributed by atoms with Gasteiger partial charge in [0.2, 0.25) is 5.91 Å². The van der Waals surface area contributed by atoms with Crippen LogP contribution in [-0.2, 0) is 11.3 Å². The molecule has 0 bridgehead atoms. The summed E-state index contributed by atoms with van der Waals surface area (Å²) in [4.78, 5) is 16.9. The molecule has 4 nitrogen and oxygen atoms in total. The van der Waals surface area contributed by atoms with E-state index in [0.29, 0.717) is 17.1 Å². The van der Waals surface area contributed by atoms with Crippen molar-refractivity contribution in [3.8, 4) is 5.75 Å². The summed E-state index contributed by atoms with van der Waals surface area (Å²) in [6.45, 7) is 3.76. The summed E-state index contributed by atoms with van der Waals surface area (Å²) in [5, 5.41) is 9.97. The zero-order valence-electron chi connectivity index (χ0n) is 15.9. The van der Waals surface area contributed by atoms with Crippen LogP contribution in [-0.4, -0.2) is 34.0 Å². The molecule has 2 atom stereocenters. The minimum absolute atomic E-state index is 0.0802. The monoisotopic (exact) mass is 402 g/mol. The predicted octanol–water partition coefficient (Wildman–Crippen LogP) is 4.73. The number of likely N-dealkylation sites (tertiary alicyclic amines) is 1. The molecule has 1 amide bonds. The third-order valence-electron chi connectivity index (χ3n) is 6.16. The number of nitrogens with zero attached hydrogens (tertiary/aromatic N) is 2. The van der Waals surface area contributed by atoms with Gasteiger partial charge < -0.3 is 10.0 Å². The molecule has 2 aliphatic heterocycles. The lowest BCUT2D eigenvalue weighted by Crippen LogP contribution is -2.56. The molecular weight excluding hydrogens is 379 g/mol. The van der Waals surface area contributed by atoms with Crippen molar-refractivity contribution >= 4 is 23.2 Å². The fourth-order valence-electron chi connectivity index (χ4n) is 4.76. The van der Waals surface area contributed by atoms with Crippen molar-refractivity contribution in [2.45, 2.75) is 50.7 Å². The molecule has 2 heterocycles. The van der Waals surface area contributed by atoms with Gasteiger partial charge in [0, 0.05) is 31.2 Å². The van der Waals surface area contributed by atoms with Gasteiger partial charge in [0.25, 0.3) is 0 Å². The van der Waals surface area contributed by atoms with E-state index in [9.17, 15) is 14.3 Å². The molecule has 4 rings (SSSR count). The maximum absolute atomic E-state index is 13.8. The number of carbonyl (C=O) groups is 1. The van der Waals surface area contributed by atoms with Crippen LogP contribution in [0.1, 0.15) is 38.2 Å². The molecule has 0 aromatic heterocycles. The first-order chi connectivity index (χ1) is 13.4. The number of aromatic hydroxyl groups is 1. The number of benzene rings is 2. The van der Waals surface area contributed by atoms with Gasteiger partial charge in [-0.25, -0.2) is 4.39 Å². The molecule has 2 saturated heterocycles. The van der Waals surface area contributed by atoms with E-state index < -0.39 is 0 Å². The van der Waals surface area contributed by atoms with E-state index >= 15 is 0 Å². The molecule has 2 aliphatic rings. The maximum atomic E-state index is 13.8. The second-order valence-electron chi connectivity index (χ2n) is 7.99.